The molecule has 0 amide bonds. The lowest BCUT2D eigenvalue weighted by molar-refractivity contribution is -0.343. The highest BCUT2D eigenvalue weighted by Gasteiger charge is 2.73. The topological polar surface area (TPSA) is 0 Å². The molecule has 0 aliphatic carbocycles. The van der Waals surface area contributed by atoms with E-state index in [4.69, 9.17) is 0 Å². The first-order valence-corrected chi connectivity index (χ1v) is 6.41. The van der Waals surface area contributed by atoms with Crippen LogP contribution in [0.25, 0.3) is 0 Å². The Hall–Kier alpha value is -1.24. The predicted molar refractivity (Wildman–Crippen MR) is 59.5 cm³/mol. The van der Waals surface area contributed by atoms with Gasteiger partial charge in [-0.05, 0) is 19.3 Å². The van der Waals surface area contributed by atoms with Gasteiger partial charge in [0.25, 0.3) is 5.67 Å². The molecule has 0 unspecified atom stereocenters. The zero-order valence-electron chi connectivity index (χ0n) is 12.3. The maximum absolute atomic E-state index is 13.4. The number of alkyl halides is 14. The van der Waals surface area contributed by atoms with Crippen LogP contribution in [0.4, 0.5) is 61.5 Å². The van der Waals surface area contributed by atoms with E-state index in [1.165, 1.54) is 0 Å². The summed E-state index contributed by atoms with van der Waals surface area (Å²) >= 11 is 0. The van der Waals surface area contributed by atoms with Crippen molar-refractivity contribution >= 4 is 0 Å². The van der Waals surface area contributed by atoms with Crippen LogP contribution < -0.4 is 0 Å². The van der Waals surface area contributed by atoms with Crippen LogP contribution in [0, 0.1) is 0 Å². The zero-order chi connectivity index (χ0) is 21.4. The van der Waals surface area contributed by atoms with Gasteiger partial charge in [0, 0.05) is 6.42 Å². The Bertz CT molecular complexity index is 460. The third-order valence-electron chi connectivity index (χ3n) is 3.34. The van der Waals surface area contributed by atoms with Crippen LogP contribution in [0.2, 0.25) is 0 Å². The van der Waals surface area contributed by atoms with Crippen molar-refractivity contribution in [3.05, 3.63) is 12.2 Å². The van der Waals surface area contributed by atoms with Crippen LogP contribution in [0.5, 0.6) is 0 Å². The smallest absolute Gasteiger partial charge is 0.224 e. The van der Waals surface area contributed by atoms with Gasteiger partial charge < -0.3 is 0 Å². The maximum atomic E-state index is 13.4. The van der Waals surface area contributed by atoms with E-state index in [-0.39, 0.29) is 0 Å². The van der Waals surface area contributed by atoms with Gasteiger partial charge in [-0.15, -0.1) is 0 Å². The molecule has 0 aliphatic heterocycles. The van der Waals surface area contributed by atoms with Crippen LogP contribution >= 0.6 is 0 Å². The van der Waals surface area contributed by atoms with Crippen LogP contribution in [0.3, 0.4) is 0 Å². The lowest BCUT2D eigenvalue weighted by Gasteiger charge is -2.31. The monoisotopic (exact) mass is 420 g/mol. The van der Waals surface area contributed by atoms with E-state index in [2.05, 4.69) is 6.58 Å². The summed E-state index contributed by atoms with van der Waals surface area (Å²) in [6.45, 7) is 2.59. The van der Waals surface area contributed by atoms with Gasteiger partial charge in [0.15, 0.2) is 0 Å². The molecule has 0 N–H and O–H groups in total. The Balaban J connectivity index is 5.17. The quantitative estimate of drug-likeness (QED) is 0.329. The van der Waals surface area contributed by atoms with Crippen molar-refractivity contribution in [3.8, 4) is 0 Å². The van der Waals surface area contributed by atoms with E-state index in [0.29, 0.717) is 0 Å². The Morgan fingerprint density at radius 1 is 0.538 bits per heavy atom. The zero-order valence-corrected chi connectivity index (χ0v) is 12.3. The van der Waals surface area contributed by atoms with Gasteiger partial charge in [0.2, 0.25) is 0 Å². The van der Waals surface area contributed by atoms with Gasteiger partial charge in [0.1, 0.15) is 0 Å². The van der Waals surface area contributed by atoms with Gasteiger partial charge in [-0.25, -0.2) is 8.78 Å². The first kappa shape index (κ1) is 24.8. The van der Waals surface area contributed by atoms with Gasteiger partial charge in [-0.2, -0.15) is 52.7 Å². The molecule has 0 aromatic heterocycles. The Morgan fingerprint density at radius 3 is 1.12 bits per heavy atom. The molecule has 0 bridgehead atoms. The minimum Gasteiger partial charge on any atom is -0.224 e. The second-order valence-electron chi connectivity index (χ2n) is 5.37. The van der Waals surface area contributed by atoms with Gasteiger partial charge >= 0.3 is 30.4 Å². The molecule has 0 rings (SSSR count). The van der Waals surface area contributed by atoms with Crippen molar-refractivity contribution in [1.82, 2.24) is 0 Å². The summed E-state index contributed by atoms with van der Waals surface area (Å²) in [5.74, 6) is 0. The summed E-state index contributed by atoms with van der Waals surface area (Å²) in [6.07, 6.45) is -33.4. The SMILES string of the molecule is C=C(CCCC(F)(C(F)(F)F)C(F)(F)F)CC(F)(C(F)(F)F)C(F)(F)F. The first-order valence-electron chi connectivity index (χ1n) is 6.41. The molecule has 0 heterocycles. The average molecular weight is 420 g/mol. The summed E-state index contributed by atoms with van der Waals surface area (Å²) in [6, 6.07) is 0. The van der Waals surface area contributed by atoms with Crippen LogP contribution in [-0.2, 0) is 0 Å². The molecule has 26 heavy (non-hydrogen) atoms. The van der Waals surface area contributed by atoms with Crippen LogP contribution in [-0.4, -0.2) is 36.0 Å². The Morgan fingerprint density at radius 2 is 0.846 bits per heavy atom. The molecule has 0 spiro atoms. The minimum absolute atomic E-state index is 1.28. The van der Waals surface area contributed by atoms with Crippen LogP contribution in [0.15, 0.2) is 12.2 Å². The molecule has 0 nitrogen and oxygen atoms in total. The van der Waals surface area contributed by atoms with E-state index in [1.54, 1.807) is 0 Å². The van der Waals surface area contributed by atoms with E-state index in [1.807, 2.05) is 0 Å². The molecule has 0 atom stereocenters. The molecular formula is C12H10F14. The highest BCUT2D eigenvalue weighted by atomic mass is 19.4. The van der Waals surface area contributed by atoms with E-state index >= 15 is 0 Å². The molecule has 0 aromatic rings. The predicted octanol–water partition coefficient (Wildman–Crippen LogP) is 6.77. The third kappa shape index (κ3) is 4.93. The molecule has 0 aromatic carbocycles. The molecule has 0 fully saturated rings. The summed E-state index contributed by atoms with van der Waals surface area (Å²) in [5.41, 5.74) is -12.8. The van der Waals surface area contributed by atoms with Crippen LogP contribution in [0.1, 0.15) is 25.7 Å². The fourth-order valence-corrected chi connectivity index (χ4v) is 1.82. The molecular weight excluding hydrogens is 410 g/mol. The summed E-state index contributed by atoms with van der Waals surface area (Å²) < 4.78 is 174. The molecule has 0 radical (unpaired) electrons. The summed E-state index contributed by atoms with van der Waals surface area (Å²) in [5, 5.41) is 0. The summed E-state index contributed by atoms with van der Waals surface area (Å²) in [4.78, 5) is 0. The third-order valence-corrected chi connectivity index (χ3v) is 3.34. The lowest BCUT2D eigenvalue weighted by Crippen LogP contribution is -2.53. The highest BCUT2D eigenvalue weighted by Crippen LogP contribution is 2.51. The second-order valence-corrected chi connectivity index (χ2v) is 5.37. The number of hydrogen-bond donors (Lipinski definition) is 0. The molecule has 156 valence electrons. The molecule has 0 aliphatic rings. The van der Waals surface area contributed by atoms with Crippen molar-refractivity contribution in [2.75, 3.05) is 0 Å². The van der Waals surface area contributed by atoms with Gasteiger partial charge in [-0.3, -0.25) is 0 Å². The van der Waals surface area contributed by atoms with Crippen molar-refractivity contribution < 1.29 is 61.5 Å². The average Bonchev–Trinajstić information content (AvgIpc) is 2.32. The summed E-state index contributed by atoms with van der Waals surface area (Å²) in [7, 11) is 0. The molecule has 0 saturated heterocycles. The fourth-order valence-electron chi connectivity index (χ4n) is 1.82. The first-order chi connectivity index (χ1) is 11.1. The van der Waals surface area contributed by atoms with E-state index in [9.17, 15) is 61.5 Å². The van der Waals surface area contributed by atoms with Crippen molar-refractivity contribution in [2.45, 2.75) is 61.7 Å². The Labute approximate surface area is 136 Å². The largest absolute Gasteiger partial charge is 0.431 e. The highest BCUT2D eigenvalue weighted by molar-refractivity contribution is 5.08. The Kier molecular flexibility index (Phi) is 6.72. The standard InChI is InChI=1S/C12H10F14/c1-6(5-8(14,11(21,22)23)12(24,25)26)3-2-4-7(13,9(15,16)17)10(18,19)20/h1-5H2. The van der Waals surface area contributed by atoms with Crippen molar-refractivity contribution in [3.63, 3.8) is 0 Å². The lowest BCUT2D eigenvalue weighted by atomic mass is 9.90. The molecule has 0 saturated carbocycles. The van der Waals surface area contributed by atoms with Crippen molar-refractivity contribution in [1.29, 1.82) is 0 Å². The van der Waals surface area contributed by atoms with E-state index < -0.39 is 67.3 Å². The number of allylic oxidation sites excluding steroid dienone is 1. The van der Waals surface area contributed by atoms with E-state index in [0.717, 1.165) is 0 Å². The number of rotatable bonds is 6. The maximum Gasteiger partial charge on any atom is 0.431 e. The number of halogens is 14. The minimum atomic E-state index is -6.46. The number of hydrogen-bond acceptors (Lipinski definition) is 0. The van der Waals surface area contributed by atoms with Gasteiger partial charge in [-0.1, -0.05) is 12.2 Å². The normalized spacial score (nSPS) is 15.3. The molecule has 14 heteroatoms. The second kappa shape index (κ2) is 7.06. The van der Waals surface area contributed by atoms with Gasteiger partial charge in [0.05, 0.1) is 0 Å². The van der Waals surface area contributed by atoms with Crippen molar-refractivity contribution in [2.24, 2.45) is 0 Å². The fraction of sp³-hybridized carbons (Fsp3) is 0.833.